The van der Waals surface area contributed by atoms with E-state index in [0.717, 1.165) is 5.56 Å². The summed E-state index contributed by atoms with van der Waals surface area (Å²) in [6.07, 6.45) is 2.43. The van der Waals surface area contributed by atoms with Gasteiger partial charge in [-0.2, -0.15) is 0 Å². The average molecular weight is 221 g/mol. The van der Waals surface area contributed by atoms with Gasteiger partial charge in [0.2, 0.25) is 6.04 Å². The molecule has 0 bridgehead atoms. The number of rotatable bonds is 5. The lowest BCUT2D eigenvalue weighted by Crippen LogP contribution is -2.31. The van der Waals surface area contributed by atoms with Gasteiger partial charge in [0, 0.05) is 11.3 Å². The van der Waals surface area contributed by atoms with Gasteiger partial charge in [-0.3, -0.25) is 10.1 Å². The molecule has 0 saturated carbocycles. The highest BCUT2D eigenvalue weighted by Gasteiger charge is 2.25. The van der Waals surface area contributed by atoms with Crippen molar-refractivity contribution in [3.63, 3.8) is 0 Å². The van der Waals surface area contributed by atoms with Gasteiger partial charge in [-0.1, -0.05) is 43.3 Å². The fourth-order valence-electron chi connectivity index (χ4n) is 1.42. The molecule has 16 heavy (non-hydrogen) atoms. The predicted octanol–water partition coefficient (Wildman–Crippen LogP) is 2.12. The van der Waals surface area contributed by atoms with Crippen molar-refractivity contribution in [3.8, 4) is 0 Å². The van der Waals surface area contributed by atoms with Crippen LogP contribution in [0.25, 0.3) is 6.08 Å². The van der Waals surface area contributed by atoms with Crippen molar-refractivity contribution in [2.45, 2.75) is 25.5 Å². The number of nitrogens with zero attached hydrogens (tertiary/aromatic N) is 1. The van der Waals surface area contributed by atoms with E-state index >= 15 is 0 Å². The molecule has 0 radical (unpaired) electrons. The zero-order chi connectivity index (χ0) is 12.0. The Morgan fingerprint density at radius 3 is 2.56 bits per heavy atom. The Kier molecular flexibility index (Phi) is 4.66. The van der Waals surface area contributed by atoms with Gasteiger partial charge in [0.25, 0.3) is 0 Å². The van der Waals surface area contributed by atoms with E-state index in [9.17, 15) is 15.2 Å². The molecule has 2 atom stereocenters. The molecule has 0 fully saturated rings. The third kappa shape index (κ3) is 3.47. The maximum Gasteiger partial charge on any atom is 0.241 e. The molecule has 0 aliphatic heterocycles. The smallest absolute Gasteiger partial charge is 0.241 e. The fraction of sp³-hybridized carbons (Fsp3) is 0.333. The monoisotopic (exact) mass is 221 g/mol. The second-order valence-electron chi connectivity index (χ2n) is 3.52. The van der Waals surface area contributed by atoms with Gasteiger partial charge in [-0.25, -0.2) is 0 Å². The number of aliphatic hydroxyl groups excluding tert-OH is 1. The lowest BCUT2D eigenvalue weighted by atomic mass is 10.1. The van der Waals surface area contributed by atoms with Gasteiger partial charge in [0.1, 0.15) is 6.10 Å². The molecule has 86 valence electrons. The molecule has 0 spiro atoms. The minimum Gasteiger partial charge on any atom is -0.382 e. The largest absolute Gasteiger partial charge is 0.382 e. The molecule has 0 amide bonds. The summed E-state index contributed by atoms with van der Waals surface area (Å²) in [6, 6.07) is 8.44. The van der Waals surface area contributed by atoms with Crippen molar-refractivity contribution in [3.05, 3.63) is 52.1 Å². The summed E-state index contributed by atoms with van der Waals surface area (Å²) >= 11 is 0. The van der Waals surface area contributed by atoms with Crippen LogP contribution in [-0.4, -0.2) is 22.2 Å². The van der Waals surface area contributed by atoms with Crippen molar-refractivity contribution in [2.75, 3.05) is 0 Å². The van der Waals surface area contributed by atoms with E-state index in [-0.39, 0.29) is 0 Å². The van der Waals surface area contributed by atoms with Crippen LogP contribution in [0, 0.1) is 10.1 Å². The average Bonchev–Trinajstić information content (AvgIpc) is 2.28. The molecule has 1 aromatic carbocycles. The molecule has 1 aromatic rings. The summed E-state index contributed by atoms with van der Waals surface area (Å²) in [5.74, 6) is 0. The summed E-state index contributed by atoms with van der Waals surface area (Å²) in [5, 5.41) is 20.2. The summed E-state index contributed by atoms with van der Waals surface area (Å²) in [6.45, 7) is 1.69. The Bertz CT molecular complexity index is 362. The summed E-state index contributed by atoms with van der Waals surface area (Å²) in [7, 11) is 0. The standard InChI is InChI=1S/C12H15NO3/c1-2-11(13(15)16)12(14)9-8-10-6-4-3-5-7-10/h3-9,11-12,14H,2H2,1H3/b9-8+/t11-,12+/m0/s1. The first-order chi connectivity index (χ1) is 7.65. The normalized spacial score (nSPS) is 14.9. The summed E-state index contributed by atoms with van der Waals surface area (Å²) in [5.41, 5.74) is 0.916. The molecule has 4 nitrogen and oxygen atoms in total. The van der Waals surface area contributed by atoms with Crippen molar-refractivity contribution >= 4 is 6.08 Å². The first-order valence-electron chi connectivity index (χ1n) is 5.20. The van der Waals surface area contributed by atoms with Crippen molar-refractivity contribution < 1.29 is 10.0 Å². The zero-order valence-corrected chi connectivity index (χ0v) is 9.11. The number of nitro groups is 1. The molecular weight excluding hydrogens is 206 g/mol. The Hall–Kier alpha value is -1.68. The maximum atomic E-state index is 10.6. The minimum absolute atomic E-state index is 0.313. The van der Waals surface area contributed by atoms with Gasteiger partial charge in [0.05, 0.1) is 0 Å². The Balaban J connectivity index is 2.66. The van der Waals surface area contributed by atoms with Crippen molar-refractivity contribution in [2.24, 2.45) is 0 Å². The van der Waals surface area contributed by atoms with E-state index in [0.29, 0.717) is 6.42 Å². The Labute approximate surface area is 94.4 Å². The van der Waals surface area contributed by atoms with Gasteiger partial charge in [0.15, 0.2) is 0 Å². The van der Waals surface area contributed by atoms with Gasteiger partial charge >= 0.3 is 0 Å². The van der Waals surface area contributed by atoms with E-state index < -0.39 is 17.1 Å². The molecule has 0 unspecified atom stereocenters. The van der Waals surface area contributed by atoms with Crippen LogP contribution in [0.1, 0.15) is 18.9 Å². The van der Waals surface area contributed by atoms with E-state index in [1.165, 1.54) is 6.08 Å². The third-order valence-corrected chi connectivity index (χ3v) is 2.37. The van der Waals surface area contributed by atoms with Crippen LogP contribution >= 0.6 is 0 Å². The van der Waals surface area contributed by atoms with E-state index in [1.54, 1.807) is 13.0 Å². The topological polar surface area (TPSA) is 63.4 Å². The highest BCUT2D eigenvalue weighted by Crippen LogP contribution is 2.08. The molecule has 1 rings (SSSR count). The second kappa shape index (κ2) is 6.02. The number of hydrogen-bond acceptors (Lipinski definition) is 3. The second-order valence-corrected chi connectivity index (χ2v) is 3.52. The lowest BCUT2D eigenvalue weighted by Gasteiger charge is -2.10. The van der Waals surface area contributed by atoms with Crippen molar-refractivity contribution in [1.29, 1.82) is 0 Å². The van der Waals surface area contributed by atoms with Crippen LogP contribution in [0.2, 0.25) is 0 Å². The summed E-state index contributed by atoms with van der Waals surface area (Å²) < 4.78 is 0. The third-order valence-electron chi connectivity index (χ3n) is 2.37. The van der Waals surface area contributed by atoms with Crippen LogP contribution in [0.15, 0.2) is 36.4 Å². The van der Waals surface area contributed by atoms with Crippen molar-refractivity contribution in [1.82, 2.24) is 0 Å². The molecule has 4 heteroatoms. The highest BCUT2D eigenvalue weighted by atomic mass is 16.6. The Morgan fingerprint density at radius 1 is 1.44 bits per heavy atom. The van der Waals surface area contributed by atoms with Crippen LogP contribution in [0.3, 0.4) is 0 Å². The van der Waals surface area contributed by atoms with Crippen LogP contribution < -0.4 is 0 Å². The molecule has 1 N–H and O–H groups in total. The van der Waals surface area contributed by atoms with Gasteiger partial charge in [-0.15, -0.1) is 0 Å². The summed E-state index contributed by atoms with van der Waals surface area (Å²) in [4.78, 5) is 10.2. The molecule has 0 heterocycles. The maximum absolute atomic E-state index is 10.6. The molecule has 0 aliphatic carbocycles. The van der Waals surface area contributed by atoms with Crippen LogP contribution in [-0.2, 0) is 0 Å². The van der Waals surface area contributed by atoms with Crippen LogP contribution in [0.5, 0.6) is 0 Å². The quantitative estimate of drug-likeness (QED) is 0.611. The highest BCUT2D eigenvalue weighted by molar-refractivity contribution is 5.49. The first-order valence-corrected chi connectivity index (χ1v) is 5.20. The lowest BCUT2D eigenvalue weighted by molar-refractivity contribution is -0.531. The fourth-order valence-corrected chi connectivity index (χ4v) is 1.42. The molecule has 0 aromatic heterocycles. The van der Waals surface area contributed by atoms with E-state index in [2.05, 4.69) is 0 Å². The predicted molar refractivity (Wildman–Crippen MR) is 62.6 cm³/mol. The number of aliphatic hydroxyl groups is 1. The SMILES string of the molecule is CC[C@@H]([C@H](O)/C=C/c1ccccc1)[N+](=O)[O-]. The first kappa shape index (κ1) is 12.4. The van der Waals surface area contributed by atoms with Gasteiger partial charge in [-0.05, 0) is 11.6 Å². The molecule has 0 aliphatic rings. The van der Waals surface area contributed by atoms with E-state index in [1.807, 2.05) is 30.3 Å². The zero-order valence-electron chi connectivity index (χ0n) is 9.11. The van der Waals surface area contributed by atoms with E-state index in [4.69, 9.17) is 0 Å². The minimum atomic E-state index is -1.04. The Morgan fingerprint density at radius 2 is 2.06 bits per heavy atom. The molecule has 0 saturated heterocycles. The number of benzene rings is 1. The number of hydrogen-bond donors (Lipinski definition) is 1. The van der Waals surface area contributed by atoms with Crippen LogP contribution in [0.4, 0.5) is 0 Å². The molecular formula is C12H15NO3. The van der Waals surface area contributed by atoms with Gasteiger partial charge < -0.3 is 5.11 Å².